The van der Waals surface area contributed by atoms with E-state index in [0.717, 1.165) is 26.2 Å². The van der Waals surface area contributed by atoms with Crippen LogP contribution in [-0.4, -0.2) is 49.5 Å². The Morgan fingerprint density at radius 3 is 2.71 bits per heavy atom. The van der Waals surface area contributed by atoms with Crippen molar-refractivity contribution < 1.29 is 14.7 Å². The van der Waals surface area contributed by atoms with Gasteiger partial charge in [-0.15, -0.1) is 11.3 Å². The lowest BCUT2D eigenvalue weighted by Crippen LogP contribution is -2.39. The second kappa shape index (κ2) is 8.46. The molecular formula is C24H24N4O5S. The molecule has 0 saturated carbocycles. The van der Waals surface area contributed by atoms with Crippen molar-refractivity contribution in [2.45, 2.75) is 32.4 Å². The number of aliphatic hydroxyl groups is 1. The first kappa shape index (κ1) is 22.5. The van der Waals surface area contributed by atoms with Gasteiger partial charge in [-0.2, -0.15) is 0 Å². The molecule has 1 aliphatic rings. The quantitative estimate of drug-likeness (QED) is 0.480. The minimum Gasteiger partial charge on any atom is -0.389 e. The zero-order chi connectivity index (χ0) is 24.1. The number of pyridine rings is 1. The summed E-state index contributed by atoms with van der Waals surface area (Å²) in [7, 11) is 1.41. The van der Waals surface area contributed by atoms with Gasteiger partial charge in [-0.1, -0.05) is 24.3 Å². The Hall–Kier alpha value is -3.34. The van der Waals surface area contributed by atoms with Gasteiger partial charge in [0.2, 0.25) is 0 Å². The molecule has 0 unspecified atom stereocenters. The summed E-state index contributed by atoms with van der Waals surface area (Å²) < 4.78 is 2.57. The lowest BCUT2D eigenvalue weighted by atomic mass is 10.1. The minimum atomic E-state index is -0.795. The lowest BCUT2D eigenvalue weighted by Gasteiger charge is -2.15. The number of benzene rings is 1. The van der Waals surface area contributed by atoms with Crippen LogP contribution in [-0.2, 0) is 18.3 Å². The zero-order valence-electron chi connectivity index (χ0n) is 19.0. The molecule has 0 aliphatic carbocycles. The summed E-state index contributed by atoms with van der Waals surface area (Å²) in [5, 5.41) is 12.2. The summed E-state index contributed by atoms with van der Waals surface area (Å²) in [5.41, 5.74) is 0.788. The molecule has 1 atom stereocenters. The van der Waals surface area contributed by atoms with E-state index in [9.17, 15) is 19.5 Å². The number of hydrogen-bond donors (Lipinski definition) is 1. The van der Waals surface area contributed by atoms with Crippen LogP contribution in [0, 0.1) is 0 Å². The van der Waals surface area contributed by atoms with Gasteiger partial charge >= 0.3 is 5.69 Å². The fraction of sp³-hybridized carbons (Fsp3) is 0.333. The van der Waals surface area contributed by atoms with E-state index in [-0.39, 0.29) is 30.1 Å². The topological polar surface area (TPSA) is 107 Å². The van der Waals surface area contributed by atoms with Gasteiger partial charge in [-0.3, -0.25) is 28.5 Å². The smallest absolute Gasteiger partial charge is 0.332 e. The number of hydrogen-bond acceptors (Lipinski definition) is 7. The predicted octanol–water partition coefficient (Wildman–Crippen LogP) is 2.23. The predicted molar refractivity (Wildman–Crippen MR) is 129 cm³/mol. The monoisotopic (exact) mass is 480 g/mol. The second-order valence-corrected chi connectivity index (χ2v) is 9.76. The maximum absolute atomic E-state index is 13.6. The number of aromatic nitrogens is 3. The number of para-hydroxylation sites is 1. The van der Waals surface area contributed by atoms with Crippen LogP contribution in [0.15, 0.2) is 46.0 Å². The lowest BCUT2D eigenvalue weighted by molar-refractivity contribution is -0.0778. The molecular weight excluding hydrogens is 456 g/mol. The number of hydroxylamine groups is 2. The largest absolute Gasteiger partial charge is 0.389 e. The van der Waals surface area contributed by atoms with Gasteiger partial charge < -0.3 is 5.11 Å². The molecule has 4 aromatic rings. The van der Waals surface area contributed by atoms with E-state index in [1.165, 1.54) is 23.0 Å². The van der Waals surface area contributed by atoms with E-state index in [1.54, 1.807) is 0 Å². The number of carbonyl (C=O) groups excluding carboxylic acids is 1. The average Bonchev–Trinajstić information content (AvgIpc) is 3.40. The van der Waals surface area contributed by atoms with Crippen LogP contribution < -0.4 is 11.2 Å². The summed E-state index contributed by atoms with van der Waals surface area (Å²) in [4.78, 5) is 50.9. The van der Waals surface area contributed by atoms with Crippen molar-refractivity contribution in [1.82, 2.24) is 19.2 Å². The molecule has 0 spiro atoms. The molecule has 176 valence electrons. The fourth-order valence-corrected chi connectivity index (χ4v) is 5.68. The third-order valence-electron chi connectivity index (χ3n) is 5.95. The molecule has 9 nitrogen and oxygen atoms in total. The highest BCUT2D eigenvalue weighted by Gasteiger charge is 2.33. The number of thiophene rings is 1. The number of nitrogens with zero attached hydrogens (tertiary/aromatic N) is 4. The van der Waals surface area contributed by atoms with Gasteiger partial charge in [0.25, 0.3) is 11.5 Å². The summed E-state index contributed by atoms with van der Waals surface area (Å²) in [6, 6.07) is 11.4. The molecule has 4 heterocycles. The van der Waals surface area contributed by atoms with E-state index in [2.05, 4.69) is 0 Å². The van der Waals surface area contributed by atoms with Gasteiger partial charge in [-0.25, -0.2) is 9.86 Å². The number of aliphatic hydroxyl groups excluding tert-OH is 1. The highest BCUT2D eigenvalue weighted by atomic mass is 32.1. The van der Waals surface area contributed by atoms with Gasteiger partial charge in [-0.05, 0) is 26.0 Å². The Morgan fingerprint density at radius 1 is 1.24 bits per heavy atom. The molecule has 1 aromatic carbocycles. The van der Waals surface area contributed by atoms with Gasteiger partial charge in [0, 0.05) is 35.5 Å². The van der Waals surface area contributed by atoms with Gasteiger partial charge in [0.05, 0.1) is 23.0 Å². The zero-order valence-corrected chi connectivity index (χ0v) is 19.8. The number of rotatable bonds is 4. The molecule has 1 amide bonds. The third-order valence-corrected chi connectivity index (χ3v) is 7.14. The first-order valence-electron chi connectivity index (χ1n) is 11.0. The van der Waals surface area contributed by atoms with Gasteiger partial charge in [0.15, 0.2) is 0 Å². The highest BCUT2D eigenvalue weighted by Crippen LogP contribution is 2.33. The Labute approximate surface area is 198 Å². The Bertz CT molecular complexity index is 1550. The van der Waals surface area contributed by atoms with Crippen molar-refractivity contribution >= 4 is 38.4 Å². The summed E-state index contributed by atoms with van der Waals surface area (Å²) in [5.74, 6) is -0.510. The SMILES string of the molecule is CC(C)n1c(=O)n(C)c(=O)c2c(C(=O)N3C[C@H](O)CO3)c(Cc3ccc4ccccc4n3)sc21. The molecule has 3 aromatic heterocycles. The molecule has 1 aliphatic heterocycles. The van der Waals surface area contributed by atoms with Crippen molar-refractivity contribution in [3.63, 3.8) is 0 Å². The van der Waals surface area contributed by atoms with Crippen LogP contribution in [0.5, 0.6) is 0 Å². The molecule has 1 saturated heterocycles. The van der Waals surface area contributed by atoms with Crippen LogP contribution >= 0.6 is 11.3 Å². The van der Waals surface area contributed by atoms with Crippen LogP contribution in [0.4, 0.5) is 0 Å². The average molecular weight is 481 g/mol. The van der Waals surface area contributed by atoms with E-state index in [4.69, 9.17) is 9.82 Å². The number of carbonyl (C=O) groups is 1. The molecule has 5 rings (SSSR count). The van der Waals surface area contributed by atoms with E-state index >= 15 is 0 Å². The maximum atomic E-state index is 13.6. The summed E-state index contributed by atoms with van der Waals surface area (Å²) >= 11 is 1.25. The highest BCUT2D eigenvalue weighted by molar-refractivity contribution is 7.19. The summed E-state index contributed by atoms with van der Waals surface area (Å²) in [6.07, 6.45) is -0.493. The standard InChI is InChI=1S/C24H24N4O5S/c1-13(2)28-23-20(21(30)26(3)24(28)32)19(22(31)27-11-16(29)12-33-27)18(34-23)10-15-9-8-14-6-4-5-7-17(14)25-15/h4-9,13,16,29H,10-12H2,1-3H3/t16-/m0/s1. The second-order valence-electron chi connectivity index (χ2n) is 8.68. The van der Waals surface area contributed by atoms with Crippen molar-refractivity contribution in [3.8, 4) is 0 Å². The summed E-state index contributed by atoms with van der Waals surface area (Å²) in [6.45, 7) is 3.73. The first-order valence-corrected chi connectivity index (χ1v) is 11.8. The molecule has 10 heteroatoms. The van der Waals surface area contributed by atoms with E-state index in [1.807, 2.05) is 50.2 Å². The van der Waals surface area contributed by atoms with E-state index in [0.29, 0.717) is 16.1 Å². The molecule has 34 heavy (non-hydrogen) atoms. The first-order chi connectivity index (χ1) is 16.3. The van der Waals surface area contributed by atoms with E-state index < -0.39 is 23.3 Å². The minimum absolute atomic E-state index is 0.00405. The number of fused-ring (bicyclic) bond motifs is 2. The number of amides is 1. The van der Waals surface area contributed by atoms with Crippen LogP contribution in [0.2, 0.25) is 0 Å². The molecule has 1 N–H and O–H groups in total. The maximum Gasteiger partial charge on any atom is 0.332 e. The fourth-order valence-electron chi connectivity index (χ4n) is 4.25. The van der Waals surface area contributed by atoms with Crippen molar-refractivity contribution in [3.05, 3.63) is 73.4 Å². The van der Waals surface area contributed by atoms with Crippen molar-refractivity contribution in [1.29, 1.82) is 0 Å². The van der Waals surface area contributed by atoms with Crippen LogP contribution in [0.25, 0.3) is 21.1 Å². The number of β-amino-alcohol motifs (C(OH)–C–C–N with tert-alkyl or cyclic N) is 1. The third kappa shape index (κ3) is 3.64. The molecule has 0 radical (unpaired) electrons. The Kier molecular flexibility index (Phi) is 5.59. The van der Waals surface area contributed by atoms with Crippen LogP contribution in [0.3, 0.4) is 0 Å². The van der Waals surface area contributed by atoms with Crippen molar-refractivity contribution in [2.75, 3.05) is 13.2 Å². The Balaban J connectivity index is 1.74. The van der Waals surface area contributed by atoms with Crippen molar-refractivity contribution in [2.24, 2.45) is 7.05 Å². The molecule has 1 fully saturated rings. The van der Waals surface area contributed by atoms with Crippen LogP contribution in [0.1, 0.15) is 40.8 Å². The Morgan fingerprint density at radius 2 is 2.00 bits per heavy atom. The van der Waals surface area contributed by atoms with Gasteiger partial charge in [0.1, 0.15) is 17.5 Å². The molecule has 0 bridgehead atoms. The normalized spacial score (nSPS) is 16.3.